The van der Waals surface area contributed by atoms with Crippen LogP contribution in [-0.2, 0) is 10.2 Å². The van der Waals surface area contributed by atoms with Gasteiger partial charge in [-0.3, -0.25) is 4.79 Å². The van der Waals surface area contributed by atoms with Crippen LogP contribution < -0.4 is 5.32 Å². The summed E-state index contributed by atoms with van der Waals surface area (Å²) in [5.74, 6) is 1.46. The monoisotopic (exact) mass is 493 g/mol. The fourth-order valence-corrected chi connectivity index (χ4v) is 8.96. The Morgan fingerprint density at radius 1 is 1.14 bits per heavy atom. The molecule has 2 aromatic rings. The van der Waals surface area contributed by atoms with Gasteiger partial charge in [0.05, 0.1) is 22.7 Å². The number of aryl methyl sites for hydroxylation is 1. The van der Waals surface area contributed by atoms with Crippen molar-refractivity contribution in [3.63, 3.8) is 0 Å². The number of rotatable bonds is 3. The maximum absolute atomic E-state index is 14.5. The molecular formula is C29H39N3O2S. The van der Waals surface area contributed by atoms with E-state index in [1.807, 2.05) is 6.92 Å². The molecule has 35 heavy (non-hydrogen) atoms. The Morgan fingerprint density at radius 2 is 1.94 bits per heavy atom. The van der Waals surface area contributed by atoms with Gasteiger partial charge in [0, 0.05) is 36.0 Å². The van der Waals surface area contributed by atoms with Gasteiger partial charge in [-0.05, 0) is 62.8 Å². The Hall–Kier alpha value is -1.76. The Kier molecular flexibility index (Phi) is 6.48. The molecule has 188 valence electrons. The van der Waals surface area contributed by atoms with Crippen molar-refractivity contribution in [3.05, 3.63) is 51.5 Å². The van der Waals surface area contributed by atoms with Crippen LogP contribution in [0.2, 0.25) is 0 Å². The number of aliphatic hydroxyl groups is 1. The van der Waals surface area contributed by atoms with Crippen molar-refractivity contribution in [1.29, 1.82) is 0 Å². The summed E-state index contributed by atoms with van der Waals surface area (Å²) in [4.78, 5) is 22.7. The van der Waals surface area contributed by atoms with Gasteiger partial charge in [-0.1, -0.05) is 49.6 Å². The molecule has 0 bridgehead atoms. The second-order valence-electron chi connectivity index (χ2n) is 11.5. The van der Waals surface area contributed by atoms with Crippen molar-refractivity contribution in [3.8, 4) is 0 Å². The van der Waals surface area contributed by atoms with E-state index in [2.05, 4.69) is 40.5 Å². The highest BCUT2D eigenvalue weighted by atomic mass is 32.1. The topological polar surface area (TPSA) is 65.5 Å². The summed E-state index contributed by atoms with van der Waals surface area (Å²) < 4.78 is 0. The predicted octanol–water partition coefficient (Wildman–Crippen LogP) is 5.09. The minimum Gasteiger partial charge on any atom is -0.387 e. The van der Waals surface area contributed by atoms with E-state index in [0.717, 1.165) is 49.6 Å². The Morgan fingerprint density at radius 3 is 2.74 bits per heavy atom. The van der Waals surface area contributed by atoms with Crippen LogP contribution >= 0.6 is 11.3 Å². The molecule has 0 radical (unpaired) electrons. The minimum absolute atomic E-state index is 0.0621. The highest BCUT2D eigenvalue weighted by Gasteiger charge is 2.54. The molecule has 6 rings (SSSR count). The molecule has 1 amide bonds. The number of nitrogens with one attached hydrogen (secondary N) is 1. The predicted molar refractivity (Wildman–Crippen MR) is 140 cm³/mol. The van der Waals surface area contributed by atoms with Gasteiger partial charge >= 0.3 is 0 Å². The smallest absolute Gasteiger partial charge is 0.228 e. The van der Waals surface area contributed by atoms with E-state index >= 15 is 0 Å². The molecule has 2 aliphatic carbocycles. The van der Waals surface area contributed by atoms with E-state index in [1.165, 1.54) is 42.5 Å². The number of benzene rings is 1. The molecule has 4 aliphatic rings. The van der Waals surface area contributed by atoms with Gasteiger partial charge < -0.3 is 15.3 Å². The average molecular weight is 494 g/mol. The first kappa shape index (κ1) is 23.6. The fourth-order valence-electron chi connectivity index (χ4n) is 7.72. The van der Waals surface area contributed by atoms with Crippen LogP contribution in [0.25, 0.3) is 0 Å². The van der Waals surface area contributed by atoms with Gasteiger partial charge in [-0.15, -0.1) is 11.3 Å². The van der Waals surface area contributed by atoms with E-state index in [-0.39, 0.29) is 11.3 Å². The molecule has 2 saturated heterocycles. The third-order valence-electron chi connectivity index (χ3n) is 9.54. The Bertz CT molecular complexity index is 1050. The van der Waals surface area contributed by atoms with Gasteiger partial charge in [-0.2, -0.15) is 0 Å². The summed E-state index contributed by atoms with van der Waals surface area (Å²) in [6.07, 6.45) is 9.67. The minimum atomic E-state index is -0.492. The van der Waals surface area contributed by atoms with Crippen molar-refractivity contribution in [2.75, 3.05) is 19.6 Å². The molecule has 5 unspecified atom stereocenters. The first-order valence-corrected chi connectivity index (χ1v) is 14.6. The highest BCUT2D eigenvalue weighted by molar-refractivity contribution is 7.11. The summed E-state index contributed by atoms with van der Waals surface area (Å²) in [5, 5.41) is 15.3. The van der Waals surface area contributed by atoms with Crippen molar-refractivity contribution in [1.82, 2.24) is 15.2 Å². The van der Waals surface area contributed by atoms with E-state index < -0.39 is 6.10 Å². The molecule has 3 fully saturated rings. The zero-order valence-electron chi connectivity index (χ0n) is 20.9. The van der Waals surface area contributed by atoms with E-state index in [1.54, 1.807) is 11.3 Å². The second-order valence-corrected chi connectivity index (χ2v) is 12.7. The number of aliphatic hydroxyl groups excluding tert-OH is 1. The molecule has 3 heterocycles. The highest BCUT2D eigenvalue weighted by Crippen LogP contribution is 2.51. The van der Waals surface area contributed by atoms with Crippen LogP contribution in [0.1, 0.15) is 91.0 Å². The van der Waals surface area contributed by atoms with Crippen LogP contribution in [0.5, 0.6) is 0 Å². The summed E-state index contributed by atoms with van der Waals surface area (Å²) in [6.45, 7) is 4.44. The number of likely N-dealkylation sites (tertiary alicyclic amines) is 1. The Balaban J connectivity index is 1.30. The first-order chi connectivity index (χ1) is 17.1. The zero-order chi connectivity index (χ0) is 24.0. The number of thiazole rings is 1. The first-order valence-electron chi connectivity index (χ1n) is 13.8. The molecule has 6 heteroatoms. The maximum Gasteiger partial charge on any atom is 0.228 e. The van der Waals surface area contributed by atoms with Crippen LogP contribution in [-0.4, -0.2) is 46.6 Å². The lowest BCUT2D eigenvalue weighted by molar-refractivity contribution is -0.143. The molecule has 2 N–H and O–H groups in total. The van der Waals surface area contributed by atoms with E-state index in [0.29, 0.717) is 30.2 Å². The fraction of sp³-hybridized carbons (Fsp3) is 0.655. The number of piperidine rings is 1. The van der Waals surface area contributed by atoms with Crippen molar-refractivity contribution in [2.45, 2.75) is 88.2 Å². The number of nitrogens with zero attached hydrogens (tertiary/aromatic N) is 2. The summed E-state index contributed by atoms with van der Waals surface area (Å²) in [7, 11) is 0. The van der Waals surface area contributed by atoms with E-state index in [9.17, 15) is 9.90 Å². The lowest BCUT2D eigenvalue weighted by Gasteiger charge is -2.47. The SMILES string of the molecule is Cc1nc2c(s1)C1(CCC2O)CNCC1C(=O)N1CCC(c2ccccc2)CC1C1CCCCC1. The standard InChI is InChI=1S/C29H39N3O2S/c1-19-31-26-25(33)12-14-29(27(26)35-19)18-30-17-23(29)28(34)32-15-13-22(20-8-4-2-5-9-20)16-24(32)21-10-6-3-7-11-21/h2,4-5,8-9,21-25,30,33H,3,6-7,10-18H2,1H3. The number of hydrogen-bond acceptors (Lipinski definition) is 5. The van der Waals surface area contributed by atoms with Crippen molar-refractivity contribution in [2.24, 2.45) is 11.8 Å². The third-order valence-corrected chi connectivity index (χ3v) is 10.7. The van der Waals surface area contributed by atoms with Gasteiger partial charge in [-0.25, -0.2) is 4.98 Å². The maximum atomic E-state index is 14.5. The van der Waals surface area contributed by atoms with Gasteiger partial charge in [0.1, 0.15) is 0 Å². The lowest BCUT2D eigenvalue weighted by Crippen LogP contribution is -2.55. The number of hydrogen-bond donors (Lipinski definition) is 2. The molecule has 1 saturated carbocycles. The lowest BCUT2D eigenvalue weighted by atomic mass is 9.67. The van der Waals surface area contributed by atoms with Gasteiger partial charge in [0.2, 0.25) is 5.91 Å². The molecule has 1 spiro atoms. The third kappa shape index (κ3) is 4.15. The van der Waals surface area contributed by atoms with Crippen LogP contribution in [0.4, 0.5) is 0 Å². The molecule has 1 aromatic carbocycles. The van der Waals surface area contributed by atoms with Gasteiger partial charge in [0.15, 0.2) is 0 Å². The van der Waals surface area contributed by atoms with Crippen molar-refractivity contribution < 1.29 is 9.90 Å². The van der Waals surface area contributed by atoms with E-state index in [4.69, 9.17) is 4.98 Å². The van der Waals surface area contributed by atoms with Crippen LogP contribution in [0.3, 0.4) is 0 Å². The molecule has 5 atom stereocenters. The molecular weight excluding hydrogens is 454 g/mol. The number of aromatic nitrogens is 1. The number of carbonyl (C=O) groups is 1. The van der Waals surface area contributed by atoms with Gasteiger partial charge in [0.25, 0.3) is 0 Å². The zero-order valence-corrected chi connectivity index (χ0v) is 21.7. The van der Waals surface area contributed by atoms with Crippen molar-refractivity contribution >= 4 is 17.2 Å². The van der Waals surface area contributed by atoms with Crippen LogP contribution in [0, 0.1) is 18.8 Å². The summed E-state index contributed by atoms with van der Waals surface area (Å²) in [6, 6.07) is 11.3. The number of carbonyl (C=O) groups excluding carboxylic acids is 1. The largest absolute Gasteiger partial charge is 0.387 e. The average Bonchev–Trinajstić information content (AvgIpc) is 3.51. The molecule has 5 nitrogen and oxygen atoms in total. The molecule has 1 aromatic heterocycles. The summed E-state index contributed by atoms with van der Waals surface area (Å²) in [5.41, 5.74) is 2.06. The number of fused-ring (bicyclic) bond motifs is 2. The quantitative estimate of drug-likeness (QED) is 0.625. The normalized spacial score (nSPS) is 33.7. The molecule has 2 aliphatic heterocycles. The van der Waals surface area contributed by atoms with Crippen LogP contribution in [0.15, 0.2) is 30.3 Å². The summed E-state index contributed by atoms with van der Waals surface area (Å²) >= 11 is 1.70. The second kappa shape index (κ2) is 9.60. The number of amides is 1. The Labute approximate surface area is 213 Å².